The van der Waals surface area contributed by atoms with E-state index in [1.165, 1.54) is 0 Å². The lowest BCUT2D eigenvalue weighted by atomic mass is 10.2. The molecule has 0 aliphatic rings. The zero-order chi connectivity index (χ0) is 13.7. The quantitative estimate of drug-likeness (QED) is 0.708. The number of aryl methyl sites for hydroxylation is 2. The lowest BCUT2D eigenvalue weighted by Gasteiger charge is -2.03. The maximum Gasteiger partial charge on any atom is 0.220 e. The number of para-hydroxylation sites is 1. The smallest absolute Gasteiger partial charge is 0.220 e. The molecule has 1 amide bonds. The van der Waals surface area contributed by atoms with Crippen molar-refractivity contribution in [2.24, 2.45) is 0 Å². The second-order valence-electron chi connectivity index (χ2n) is 4.61. The first-order valence-corrected chi connectivity index (χ1v) is 6.56. The van der Waals surface area contributed by atoms with Gasteiger partial charge in [-0.3, -0.25) is 4.79 Å². The minimum Gasteiger partial charge on any atom is -0.355 e. The second kappa shape index (κ2) is 9.60. The van der Waals surface area contributed by atoms with Crippen molar-refractivity contribution in [3.05, 3.63) is 29.6 Å². The molecule has 0 unspecified atom stereocenters. The lowest BCUT2D eigenvalue weighted by molar-refractivity contribution is -0.121. The molecule has 2 aromatic rings. The van der Waals surface area contributed by atoms with E-state index in [4.69, 9.17) is 0 Å². The number of nitrogens with one attached hydrogen (secondary N) is 3. The Morgan fingerprint density at radius 1 is 1.29 bits per heavy atom. The molecule has 118 valence electrons. The Bertz CT molecular complexity index is 571. The summed E-state index contributed by atoms with van der Waals surface area (Å²) in [7, 11) is 1.86. The molecule has 1 aromatic heterocycles. The van der Waals surface area contributed by atoms with E-state index < -0.39 is 0 Å². The lowest BCUT2D eigenvalue weighted by Crippen LogP contribution is -2.30. The van der Waals surface area contributed by atoms with Crippen LogP contribution in [0.25, 0.3) is 11.0 Å². The van der Waals surface area contributed by atoms with Crippen molar-refractivity contribution in [3.8, 4) is 0 Å². The van der Waals surface area contributed by atoms with Crippen LogP contribution in [0.4, 0.5) is 0 Å². The summed E-state index contributed by atoms with van der Waals surface area (Å²) >= 11 is 0. The molecule has 0 bridgehead atoms. The number of hydrogen-bond acceptors (Lipinski definition) is 3. The molecule has 0 radical (unpaired) electrons. The van der Waals surface area contributed by atoms with Gasteiger partial charge in [0.25, 0.3) is 0 Å². The van der Waals surface area contributed by atoms with E-state index in [1.54, 1.807) is 0 Å². The molecule has 5 nitrogen and oxygen atoms in total. The van der Waals surface area contributed by atoms with Gasteiger partial charge >= 0.3 is 0 Å². The summed E-state index contributed by atoms with van der Waals surface area (Å²) < 4.78 is 0. The van der Waals surface area contributed by atoms with Crippen LogP contribution >= 0.6 is 24.8 Å². The first-order valence-electron chi connectivity index (χ1n) is 6.56. The van der Waals surface area contributed by atoms with Gasteiger partial charge in [-0.2, -0.15) is 0 Å². The number of nitrogens with zero attached hydrogens (tertiary/aromatic N) is 1. The number of likely N-dealkylation sites (N-methyl/N-ethyl adjacent to an activating group) is 1. The van der Waals surface area contributed by atoms with Crippen LogP contribution in [0.3, 0.4) is 0 Å². The molecule has 3 N–H and O–H groups in total. The maximum absolute atomic E-state index is 11.6. The van der Waals surface area contributed by atoms with Crippen LogP contribution in [0.1, 0.15) is 17.8 Å². The van der Waals surface area contributed by atoms with Gasteiger partial charge in [-0.25, -0.2) is 4.98 Å². The molecule has 0 aliphatic carbocycles. The predicted molar refractivity (Wildman–Crippen MR) is 90.6 cm³/mol. The van der Waals surface area contributed by atoms with E-state index in [2.05, 4.69) is 20.6 Å². The van der Waals surface area contributed by atoms with E-state index in [-0.39, 0.29) is 30.7 Å². The van der Waals surface area contributed by atoms with Gasteiger partial charge in [0, 0.05) is 25.9 Å². The minimum absolute atomic E-state index is 0. The molecule has 0 spiro atoms. The Kier molecular flexibility index (Phi) is 9.01. The van der Waals surface area contributed by atoms with E-state index in [9.17, 15) is 4.79 Å². The van der Waals surface area contributed by atoms with Gasteiger partial charge in [0.1, 0.15) is 5.82 Å². The molecule has 2 rings (SSSR count). The fourth-order valence-electron chi connectivity index (χ4n) is 1.99. The highest BCUT2D eigenvalue weighted by atomic mass is 35.5. The standard InChI is InChI=1S/C14H20N4O.2ClH/c1-10-4-3-5-11-14(10)18-12(17-11)6-7-13(19)16-9-8-15-2;;/h3-5,15H,6-9H2,1-2H3,(H,16,19)(H,17,18);2*1H. The van der Waals surface area contributed by atoms with Crippen molar-refractivity contribution < 1.29 is 4.79 Å². The zero-order valence-electron chi connectivity index (χ0n) is 12.2. The SMILES string of the molecule is CNCCNC(=O)CCc1nc2c(C)cccc2[nH]1.Cl.Cl. The molecule has 0 atom stereocenters. The number of halogens is 2. The molecule has 0 fully saturated rings. The predicted octanol–water partition coefficient (Wildman–Crippen LogP) is 1.98. The van der Waals surface area contributed by atoms with Crippen LogP contribution in [0, 0.1) is 6.92 Å². The topological polar surface area (TPSA) is 69.8 Å². The van der Waals surface area contributed by atoms with E-state index in [0.717, 1.165) is 29.0 Å². The number of carbonyl (C=O) groups excluding carboxylic acids is 1. The summed E-state index contributed by atoms with van der Waals surface area (Å²) in [5.74, 6) is 0.931. The molecule has 0 saturated heterocycles. The number of carbonyl (C=O) groups is 1. The normalized spacial score (nSPS) is 9.81. The number of aromatic nitrogens is 2. The Labute approximate surface area is 137 Å². The van der Waals surface area contributed by atoms with Gasteiger partial charge in [-0.15, -0.1) is 24.8 Å². The molecule has 7 heteroatoms. The average molecular weight is 333 g/mol. The molecule has 0 saturated carbocycles. The van der Waals surface area contributed by atoms with Crippen LogP contribution in [-0.4, -0.2) is 36.0 Å². The number of amides is 1. The van der Waals surface area contributed by atoms with E-state index in [1.807, 2.05) is 32.2 Å². The number of fused-ring (bicyclic) bond motifs is 1. The van der Waals surface area contributed by atoms with Gasteiger partial charge < -0.3 is 15.6 Å². The third-order valence-electron chi connectivity index (χ3n) is 3.05. The number of H-pyrrole nitrogens is 1. The molecule has 21 heavy (non-hydrogen) atoms. The van der Waals surface area contributed by atoms with Gasteiger partial charge in [-0.1, -0.05) is 12.1 Å². The number of aromatic amines is 1. The third kappa shape index (κ3) is 5.53. The fraction of sp³-hybridized carbons (Fsp3) is 0.429. The molecular formula is C14H22Cl2N4O. The van der Waals surface area contributed by atoms with Gasteiger partial charge in [-0.05, 0) is 25.6 Å². The van der Waals surface area contributed by atoms with Gasteiger partial charge in [0.2, 0.25) is 5.91 Å². The fourth-order valence-corrected chi connectivity index (χ4v) is 1.99. The molecule has 0 aliphatic heterocycles. The van der Waals surface area contributed by atoms with Gasteiger partial charge in [0.05, 0.1) is 11.0 Å². The van der Waals surface area contributed by atoms with Crippen LogP contribution in [-0.2, 0) is 11.2 Å². The molecular weight excluding hydrogens is 311 g/mol. The molecule has 1 heterocycles. The highest BCUT2D eigenvalue weighted by molar-refractivity contribution is 5.85. The second-order valence-corrected chi connectivity index (χ2v) is 4.61. The van der Waals surface area contributed by atoms with Crippen LogP contribution < -0.4 is 10.6 Å². The number of rotatable bonds is 6. The number of imidazole rings is 1. The van der Waals surface area contributed by atoms with Gasteiger partial charge in [0.15, 0.2) is 0 Å². The highest BCUT2D eigenvalue weighted by Gasteiger charge is 2.07. The Morgan fingerprint density at radius 3 is 2.71 bits per heavy atom. The van der Waals surface area contributed by atoms with Crippen molar-refractivity contribution in [2.75, 3.05) is 20.1 Å². The Morgan fingerprint density at radius 2 is 2.05 bits per heavy atom. The summed E-state index contributed by atoms with van der Waals surface area (Å²) in [6, 6.07) is 6.05. The summed E-state index contributed by atoms with van der Waals surface area (Å²) in [5, 5.41) is 5.84. The zero-order valence-corrected chi connectivity index (χ0v) is 13.9. The largest absolute Gasteiger partial charge is 0.355 e. The number of hydrogen-bond donors (Lipinski definition) is 3. The third-order valence-corrected chi connectivity index (χ3v) is 3.05. The maximum atomic E-state index is 11.6. The van der Waals surface area contributed by atoms with Crippen molar-refractivity contribution in [1.82, 2.24) is 20.6 Å². The minimum atomic E-state index is 0. The Hall–Kier alpha value is -1.30. The van der Waals surface area contributed by atoms with Crippen molar-refractivity contribution in [2.45, 2.75) is 19.8 Å². The summed E-state index contributed by atoms with van der Waals surface area (Å²) in [4.78, 5) is 19.4. The number of benzene rings is 1. The summed E-state index contributed by atoms with van der Waals surface area (Å²) in [6.07, 6.45) is 1.10. The monoisotopic (exact) mass is 332 g/mol. The van der Waals surface area contributed by atoms with E-state index >= 15 is 0 Å². The van der Waals surface area contributed by atoms with Crippen molar-refractivity contribution in [3.63, 3.8) is 0 Å². The van der Waals surface area contributed by atoms with Crippen molar-refractivity contribution >= 4 is 41.8 Å². The molecule has 1 aromatic carbocycles. The van der Waals surface area contributed by atoms with Crippen LogP contribution in [0.2, 0.25) is 0 Å². The van der Waals surface area contributed by atoms with Crippen LogP contribution in [0.5, 0.6) is 0 Å². The van der Waals surface area contributed by atoms with Crippen LogP contribution in [0.15, 0.2) is 18.2 Å². The van der Waals surface area contributed by atoms with Crippen molar-refractivity contribution in [1.29, 1.82) is 0 Å². The Balaban J connectivity index is 0.00000200. The first-order chi connectivity index (χ1) is 9.20. The summed E-state index contributed by atoms with van der Waals surface area (Å²) in [6.45, 7) is 3.49. The average Bonchev–Trinajstić information content (AvgIpc) is 2.81. The summed E-state index contributed by atoms with van der Waals surface area (Å²) in [5.41, 5.74) is 3.18. The van der Waals surface area contributed by atoms with E-state index in [0.29, 0.717) is 19.4 Å². The highest BCUT2D eigenvalue weighted by Crippen LogP contribution is 2.15. The first kappa shape index (κ1) is 19.7.